The van der Waals surface area contributed by atoms with Crippen molar-refractivity contribution in [3.63, 3.8) is 0 Å². The minimum Gasteiger partial charge on any atom is -0.326 e. The predicted octanol–water partition coefficient (Wildman–Crippen LogP) is 2.73. The van der Waals surface area contributed by atoms with E-state index in [1.165, 1.54) is 6.07 Å². The molecule has 184 valence electrons. The van der Waals surface area contributed by atoms with Crippen molar-refractivity contribution in [2.24, 2.45) is 22.7 Å². The average molecular weight is 486 g/mol. The van der Waals surface area contributed by atoms with E-state index >= 15 is 0 Å². The van der Waals surface area contributed by atoms with Gasteiger partial charge in [-0.2, -0.15) is 0 Å². The lowest BCUT2D eigenvalue weighted by atomic mass is 9.88. The van der Waals surface area contributed by atoms with Crippen molar-refractivity contribution < 1.29 is 8.42 Å². The van der Waals surface area contributed by atoms with E-state index < -0.39 is 10.0 Å². The van der Waals surface area contributed by atoms with Gasteiger partial charge in [-0.25, -0.2) is 18.7 Å². The van der Waals surface area contributed by atoms with Crippen LogP contribution in [-0.4, -0.2) is 59.6 Å². The van der Waals surface area contributed by atoms with Gasteiger partial charge >= 0.3 is 0 Å². The van der Waals surface area contributed by atoms with Crippen molar-refractivity contribution in [1.82, 2.24) is 25.5 Å². The van der Waals surface area contributed by atoms with Gasteiger partial charge in [0.25, 0.3) is 0 Å². The second kappa shape index (κ2) is 11.2. The summed E-state index contributed by atoms with van der Waals surface area (Å²) in [5.74, 6) is 1.13. The molecule has 10 heteroatoms. The number of piperidine rings is 1. The molecule has 2 heterocycles. The fraction of sp³-hybridized carbons (Fsp3) is 0.458. The highest BCUT2D eigenvalue weighted by Crippen LogP contribution is 2.32. The van der Waals surface area contributed by atoms with Crippen molar-refractivity contribution >= 4 is 15.6 Å². The van der Waals surface area contributed by atoms with E-state index in [1.807, 2.05) is 25.1 Å². The highest BCUT2D eigenvalue weighted by molar-refractivity contribution is 7.89. The normalized spacial score (nSPS) is 17.8. The van der Waals surface area contributed by atoms with Gasteiger partial charge in [-0.1, -0.05) is 50.8 Å². The first-order valence-corrected chi connectivity index (χ1v) is 13.1. The number of hydrogen-bond donors (Lipinski definition) is 3. The molecule has 2 aromatic rings. The molecule has 1 atom stereocenters. The largest absolute Gasteiger partial charge is 0.326 e. The Morgan fingerprint density at radius 1 is 1.29 bits per heavy atom. The molecule has 0 radical (unpaired) electrons. The van der Waals surface area contributed by atoms with Gasteiger partial charge in [-0.3, -0.25) is 0 Å². The number of benzene rings is 1. The van der Waals surface area contributed by atoms with Crippen molar-refractivity contribution in [1.29, 1.82) is 0 Å². The van der Waals surface area contributed by atoms with Crippen molar-refractivity contribution in [3.05, 3.63) is 54.1 Å². The third-order valence-electron chi connectivity index (χ3n) is 6.49. The fourth-order valence-corrected chi connectivity index (χ4v) is 5.01. The molecule has 1 fully saturated rings. The van der Waals surface area contributed by atoms with Crippen LogP contribution >= 0.6 is 0 Å². The molecule has 1 aliphatic heterocycles. The summed E-state index contributed by atoms with van der Waals surface area (Å²) < 4.78 is 24.4. The molecule has 1 saturated heterocycles. The number of sulfonamides is 1. The van der Waals surface area contributed by atoms with Crippen molar-refractivity contribution in [3.8, 4) is 11.4 Å². The molecular formula is C24H35N7O2S. The van der Waals surface area contributed by atoms with E-state index in [1.54, 1.807) is 6.07 Å². The van der Waals surface area contributed by atoms with E-state index in [2.05, 4.69) is 52.0 Å². The molecule has 0 saturated carbocycles. The predicted molar refractivity (Wildman–Crippen MR) is 135 cm³/mol. The third-order valence-corrected chi connectivity index (χ3v) is 7.44. The number of nitrogens with two attached hydrogens (primary N) is 2. The molecule has 5 N–H and O–H groups in total. The zero-order valence-electron chi connectivity index (χ0n) is 20.1. The lowest BCUT2D eigenvalue weighted by Gasteiger charge is -2.34. The summed E-state index contributed by atoms with van der Waals surface area (Å²) in [5.41, 5.74) is 9.31. The SMILES string of the molecule is C=C/C(=C\C=C(/C)c1cccc(S(N)(=O)=O)c1-c1nnn[nH]1)C1CCN(C[C@H](N)C(C)C)CC1. The summed E-state index contributed by atoms with van der Waals surface area (Å²) in [6.07, 6.45) is 8.05. The number of nitrogens with zero attached hydrogens (tertiary/aromatic N) is 4. The number of allylic oxidation sites excluding steroid dienone is 5. The van der Waals surface area contributed by atoms with Crippen LogP contribution in [-0.2, 0) is 10.0 Å². The van der Waals surface area contributed by atoms with E-state index in [0.717, 1.165) is 43.6 Å². The molecule has 0 bridgehead atoms. The lowest BCUT2D eigenvalue weighted by Crippen LogP contribution is -2.44. The number of rotatable bonds is 9. The molecule has 0 unspecified atom stereocenters. The quantitative estimate of drug-likeness (QED) is 0.463. The maximum Gasteiger partial charge on any atom is 0.238 e. The molecule has 9 nitrogen and oxygen atoms in total. The number of H-pyrrole nitrogens is 1. The Balaban J connectivity index is 1.84. The highest BCUT2D eigenvalue weighted by atomic mass is 32.2. The van der Waals surface area contributed by atoms with Crippen LogP contribution in [0.25, 0.3) is 17.0 Å². The standard InChI is InChI=1S/C24H35N7O2S/c1-5-18(19-11-13-31(14-12-19)15-21(25)16(2)3)10-9-17(4)20-7-6-8-22(34(26,32)33)23(20)24-27-29-30-28-24/h5-10,16,19,21H,1,11-15,25H2,2-4H3,(H2,26,32,33)(H,27,28,29,30)/b17-9+,18-10+/t21-/m0/s1. The molecular weight excluding hydrogens is 450 g/mol. The Morgan fingerprint density at radius 2 is 2.00 bits per heavy atom. The van der Waals surface area contributed by atoms with Crippen LogP contribution < -0.4 is 10.9 Å². The van der Waals surface area contributed by atoms with Crippen LogP contribution in [0.2, 0.25) is 0 Å². The minimum atomic E-state index is -3.98. The third kappa shape index (κ3) is 6.26. The summed E-state index contributed by atoms with van der Waals surface area (Å²) in [4.78, 5) is 2.41. The van der Waals surface area contributed by atoms with Gasteiger partial charge in [0.1, 0.15) is 0 Å². The molecule has 34 heavy (non-hydrogen) atoms. The molecule has 0 aliphatic carbocycles. The van der Waals surface area contributed by atoms with Crippen molar-refractivity contribution in [2.75, 3.05) is 19.6 Å². The van der Waals surface area contributed by atoms with Gasteiger partial charge < -0.3 is 10.6 Å². The van der Waals surface area contributed by atoms with Crippen LogP contribution in [0, 0.1) is 11.8 Å². The van der Waals surface area contributed by atoms with Gasteiger partial charge in [0.05, 0.1) is 4.90 Å². The second-order valence-corrected chi connectivity index (χ2v) is 10.7. The smallest absolute Gasteiger partial charge is 0.238 e. The number of tetrazole rings is 1. The fourth-order valence-electron chi connectivity index (χ4n) is 4.25. The van der Waals surface area contributed by atoms with Crippen LogP contribution in [0.4, 0.5) is 0 Å². The monoisotopic (exact) mass is 485 g/mol. The summed E-state index contributed by atoms with van der Waals surface area (Å²) in [6.45, 7) is 13.2. The highest BCUT2D eigenvalue weighted by Gasteiger charge is 2.24. The molecule has 1 aliphatic rings. The lowest BCUT2D eigenvalue weighted by molar-refractivity contribution is 0.179. The number of aromatic nitrogens is 4. The van der Waals surface area contributed by atoms with Gasteiger partial charge in [0.2, 0.25) is 10.0 Å². The van der Waals surface area contributed by atoms with E-state index in [-0.39, 0.29) is 16.8 Å². The minimum absolute atomic E-state index is 0.0313. The number of hydrogen-bond acceptors (Lipinski definition) is 7. The summed E-state index contributed by atoms with van der Waals surface area (Å²) >= 11 is 0. The first-order valence-electron chi connectivity index (χ1n) is 11.5. The Morgan fingerprint density at radius 3 is 2.56 bits per heavy atom. The Hall–Kier alpha value is -2.66. The average Bonchev–Trinajstić information content (AvgIpc) is 3.34. The molecule has 1 aromatic heterocycles. The van der Waals surface area contributed by atoms with Gasteiger partial charge in [-0.15, -0.1) is 5.10 Å². The Kier molecular flexibility index (Phi) is 8.53. The second-order valence-electron chi connectivity index (χ2n) is 9.18. The summed E-state index contributed by atoms with van der Waals surface area (Å²) in [5, 5.41) is 19.2. The number of primary sulfonamides is 1. The number of nitrogens with one attached hydrogen (secondary N) is 1. The molecule has 1 aromatic carbocycles. The summed E-state index contributed by atoms with van der Waals surface area (Å²) in [7, 11) is -3.98. The van der Waals surface area contributed by atoms with Crippen LogP contribution in [0.5, 0.6) is 0 Å². The summed E-state index contributed by atoms with van der Waals surface area (Å²) in [6, 6.07) is 5.14. The first-order chi connectivity index (χ1) is 16.1. The molecule has 0 spiro atoms. The van der Waals surface area contributed by atoms with E-state index in [0.29, 0.717) is 23.0 Å². The molecule has 0 amide bonds. The van der Waals surface area contributed by atoms with E-state index in [4.69, 9.17) is 10.9 Å². The number of likely N-dealkylation sites (tertiary alicyclic amines) is 1. The molecule has 3 rings (SSSR count). The first kappa shape index (κ1) is 26.0. The van der Waals surface area contributed by atoms with Crippen LogP contribution in [0.15, 0.2) is 53.5 Å². The van der Waals surface area contributed by atoms with Gasteiger partial charge in [0.15, 0.2) is 5.82 Å². The van der Waals surface area contributed by atoms with Gasteiger partial charge in [0, 0.05) is 18.2 Å². The number of aromatic amines is 1. The Labute approximate surface area is 202 Å². The van der Waals surface area contributed by atoms with Crippen LogP contribution in [0.3, 0.4) is 0 Å². The Bertz CT molecular complexity index is 1150. The topological polar surface area (TPSA) is 144 Å². The zero-order chi connectivity index (χ0) is 24.9. The maximum atomic E-state index is 12.2. The maximum absolute atomic E-state index is 12.2. The van der Waals surface area contributed by atoms with Crippen LogP contribution in [0.1, 0.15) is 39.2 Å². The zero-order valence-corrected chi connectivity index (χ0v) is 20.9. The van der Waals surface area contributed by atoms with E-state index in [9.17, 15) is 8.42 Å². The van der Waals surface area contributed by atoms with Crippen molar-refractivity contribution in [2.45, 2.75) is 44.6 Å². The van der Waals surface area contributed by atoms with Gasteiger partial charge in [-0.05, 0) is 77.9 Å².